The molecule has 1 aromatic rings. The van der Waals surface area contributed by atoms with E-state index in [1.54, 1.807) is 0 Å². The fourth-order valence-electron chi connectivity index (χ4n) is 1.62. The average molecular weight is 209 g/mol. The molecule has 0 atom stereocenters. The Bertz CT molecular complexity index is 328. The minimum Gasteiger partial charge on any atom is -0.396 e. The molecule has 0 amide bonds. The van der Waals surface area contributed by atoms with Crippen molar-refractivity contribution in [3.05, 3.63) is 11.9 Å². The van der Waals surface area contributed by atoms with E-state index < -0.39 is 0 Å². The maximum Gasteiger partial charge on any atom is 0.0833 e. The van der Waals surface area contributed by atoms with Gasteiger partial charge in [0.05, 0.1) is 5.69 Å². The van der Waals surface area contributed by atoms with Gasteiger partial charge in [-0.1, -0.05) is 19.1 Å². The van der Waals surface area contributed by atoms with Crippen LogP contribution in [0.2, 0.25) is 0 Å². The van der Waals surface area contributed by atoms with Crippen molar-refractivity contribution >= 4 is 0 Å². The predicted molar refractivity (Wildman–Crippen MR) is 57.3 cm³/mol. The molecule has 15 heavy (non-hydrogen) atoms. The fraction of sp³-hybridized carbons (Fsp3) is 0.818. The number of hydrogen-bond donors (Lipinski definition) is 1. The molecule has 1 aliphatic rings. The monoisotopic (exact) mass is 209 g/mol. The van der Waals surface area contributed by atoms with Gasteiger partial charge in [0, 0.05) is 25.8 Å². The molecule has 1 fully saturated rings. The molecule has 1 heterocycles. The van der Waals surface area contributed by atoms with Gasteiger partial charge < -0.3 is 5.11 Å². The highest BCUT2D eigenvalue weighted by atomic mass is 16.3. The first-order valence-corrected chi connectivity index (χ1v) is 5.59. The second kappa shape index (κ2) is 3.93. The van der Waals surface area contributed by atoms with Gasteiger partial charge >= 0.3 is 0 Å². The zero-order chi connectivity index (χ0) is 10.9. The molecule has 0 unspecified atom stereocenters. The van der Waals surface area contributed by atoms with E-state index in [0.29, 0.717) is 0 Å². The Labute approximate surface area is 90.3 Å². The first-order valence-electron chi connectivity index (χ1n) is 5.59. The fourth-order valence-corrected chi connectivity index (χ4v) is 1.62. The summed E-state index contributed by atoms with van der Waals surface area (Å²) in [5.74, 6) is 0.824. The van der Waals surface area contributed by atoms with E-state index >= 15 is 0 Å². The lowest BCUT2D eigenvalue weighted by Crippen LogP contribution is -2.19. The summed E-state index contributed by atoms with van der Waals surface area (Å²) >= 11 is 0. The normalized spacial score (nSPS) is 17.0. The number of aliphatic hydroxyl groups is 1. The summed E-state index contributed by atoms with van der Waals surface area (Å²) in [6, 6.07) is 0. The predicted octanol–water partition coefficient (Wildman–Crippen LogP) is 1.25. The highest BCUT2D eigenvalue weighted by molar-refractivity contribution is 4.97. The van der Waals surface area contributed by atoms with Crippen molar-refractivity contribution < 1.29 is 5.11 Å². The van der Waals surface area contributed by atoms with E-state index in [0.717, 1.165) is 24.6 Å². The summed E-state index contributed by atoms with van der Waals surface area (Å²) < 4.78 is 1.93. The van der Waals surface area contributed by atoms with Crippen molar-refractivity contribution in [3.63, 3.8) is 0 Å². The molecule has 84 valence electrons. The Hall–Kier alpha value is -0.900. The zero-order valence-electron chi connectivity index (χ0n) is 9.48. The van der Waals surface area contributed by atoms with Crippen molar-refractivity contribution in [2.75, 3.05) is 6.61 Å². The van der Waals surface area contributed by atoms with Crippen LogP contribution in [0.15, 0.2) is 6.20 Å². The van der Waals surface area contributed by atoms with Crippen molar-refractivity contribution in [1.82, 2.24) is 15.0 Å². The highest BCUT2D eigenvalue weighted by Gasteiger charge is 2.23. The van der Waals surface area contributed by atoms with Crippen LogP contribution in [0.5, 0.6) is 0 Å². The van der Waals surface area contributed by atoms with Crippen molar-refractivity contribution in [2.24, 2.45) is 11.3 Å². The lowest BCUT2D eigenvalue weighted by molar-refractivity contribution is 0.158. The molecule has 2 rings (SSSR count). The van der Waals surface area contributed by atoms with Gasteiger partial charge in [-0.3, -0.25) is 4.68 Å². The molecule has 0 aromatic carbocycles. The topological polar surface area (TPSA) is 50.9 Å². The largest absolute Gasteiger partial charge is 0.396 e. The minimum atomic E-state index is -0.0968. The number of aliphatic hydroxyl groups excluding tert-OH is 1. The van der Waals surface area contributed by atoms with E-state index in [1.807, 2.05) is 24.7 Å². The molecule has 0 bridgehead atoms. The quantitative estimate of drug-likeness (QED) is 0.794. The first-order chi connectivity index (χ1) is 7.09. The number of aromatic nitrogens is 3. The van der Waals surface area contributed by atoms with Crippen LogP contribution in [-0.2, 0) is 13.0 Å². The van der Waals surface area contributed by atoms with Crippen molar-refractivity contribution in [3.8, 4) is 0 Å². The summed E-state index contributed by atoms with van der Waals surface area (Å²) in [7, 11) is 0. The summed E-state index contributed by atoms with van der Waals surface area (Å²) in [4.78, 5) is 0. The van der Waals surface area contributed by atoms with E-state index in [4.69, 9.17) is 5.11 Å². The van der Waals surface area contributed by atoms with Gasteiger partial charge in [0.15, 0.2) is 0 Å². The molecule has 1 aliphatic carbocycles. The molecule has 0 radical (unpaired) electrons. The van der Waals surface area contributed by atoms with Gasteiger partial charge in [-0.2, -0.15) is 0 Å². The molecule has 1 aromatic heterocycles. The third-order valence-electron chi connectivity index (χ3n) is 2.82. The smallest absolute Gasteiger partial charge is 0.0833 e. The van der Waals surface area contributed by atoms with Crippen LogP contribution in [-0.4, -0.2) is 26.7 Å². The van der Waals surface area contributed by atoms with Gasteiger partial charge in [0.25, 0.3) is 0 Å². The molecular weight excluding hydrogens is 190 g/mol. The maximum absolute atomic E-state index is 9.16. The van der Waals surface area contributed by atoms with Crippen LogP contribution in [0.4, 0.5) is 0 Å². The Morgan fingerprint density at radius 2 is 2.27 bits per heavy atom. The Morgan fingerprint density at radius 1 is 1.53 bits per heavy atom. The number of rotatable bonds is 5. The highest BCUT2D eigenvalue weighted by Crippen LogP contribution is 2.30. The van der Waals surface area contributed by atoms with Crippen LogP contribution in [0, 0.1) is 11.3 Å². The third-order valence-corrected chi connectivity index (χ3v) is 2.82. The minimum absolute atomic E-state index is 0.0968. The Kier molecular flexibility index (Phi) is 2.78. The first kappa shape index (κ1) is 10.6. The van der Waals surface area contributed by atoms with Crippen molar-refractivity contribution in [2.45, 2.75) is 39.7 Å². The van der Waals surface area contributed by atoms with Crippen LogP contribution in [0.1, 0.15) is 32.4 Å². The van der Waals surface area contributed by atoms with E-state index in [1.165, 1.54) is 12.8 Å². The van der Waals surface area contributed by atoms with Gasteiger partial charge in [0.1, 0.15) is 0 Å². The molecule has 0 saturated heterocycles. The summed E-state index contributed by atoms with van der Waals surface area (Å²) in [6.45, 7) is 5.26. The summed E-state index contributed by atoms with van der Waals surface area (Å²) in [5.41, 5.74) is 0.884. The third kappa shape index (κ3) is 3.02. The van der Waals surface area contributed by atoms with E-state index in [2.05, 4.69) is 10.3 Å². The van der Waals surface area contributed by atoms with Crippen LogP contribution >= 0.6 is 0 Å². The van der Waals surface area contributed by atoms with Gasteiger partial charge in [-0.25, -0.2) is 0 Å². The molecule has 1 N–H and O–H groups in total. The lowest BCUT2D eigenvalue weighted by Gasteiger charge is -2.19. The average Bonchev–Trinajstić information content (AvgIpc) is 2.88. The lowest BCUT2D eigenvalue weighted by atomic mass is 9.89. The van der Waals surface area contributed by atoms with Crippen molar-refractivity contribution in [1.29, 1.82) is 0 Å². The molecule has 0 aliphatic heterocycles. The van der Waals surface area contributed by atoms with E-state index in [9.17, 15) is 0 Å². The molecule has 4 nitrogen and oxygen atoms in total. The second-order valence-corrected chi connectivity index (χ2v) is 5.37. The Balaban J connectivity index is 1.93. The summed E-state index contributed by atoms with van der Waals surface area (Å²) in [6.07, 6.45) is 5.46. The summed E-state index contributed by atoms with van der Waals surface area (Å²) in [5, 5.41) is 17.4. The van der Waals surface area contributed by atoms with E-state index in [-0.39, 0.29) is 12.0 Å². The number of nitrogens with zero attached hydrogens (tertiary/aromatic N) is 3. The molecule has 0 spiro atoms. The zero-order valence-corrected chi connectivity index (χ0v) is 9.48. The molecule has 1 saturated carbocycles. The Morgan fingerprint density at radius 3 is 2.87 bits per heavy atom. The number of hydrogen-bond acceptors (Lipinski definition) is 3. The van der Waals surface area contributed by atoms with Crippen LogP contribution in [0.3, 0.4) is 0 Å². The second-order valence-electron chi connectivity index (χ2n) is 5.37. The van der Waals surface area contributed by atoms with Gasteiger partial charge in [0.2, 0.25) is 0 Å². The standard InChI is InChI=1S/C11H19N3O/c1-11(2,8-15)5-10-7-14(13-12-10)6-9-3-4-9/h7,9,15H,3-6,8H2,1-2H3. The van der Waals surface area contributed by atoms with Gasteiger partial charge in [-0.15, -0.1) is 5.10 Å². The maximum atomic E-state index is 9.16. The van der Waals surface area contributed by atoms with Crippen LogP contribution in [0.25, 0.3) is 0 Å². The van der Waals surface area contributed by atoms with Crippen LogP contribution < -0.4 is 0 Å². The SMILES string of the molecule is CC(C)(CO)Cc1cn(CC2CC2)nn1. The van der Waals surface area contributed by atoms with Gasteiger partial charge in [-0.05, 0) is 24.2 Å². The molecular formula is C11H19N3O. The molecule has 4 heteroatoms.